The van der Waals surface area contributed by atoms with E-state index in [-0.39, 0.29) is 10.5 Å². The minimum Gasteiger partial charge on any atom is -0.313 e. The van der Waals surface area contributed by atoms with E-state index < -0.39 is 15.9 Å². The maximum Gasteiger partial charge on any atom is 0.258 e. The fourth-order valence-corrected chi connectivity index (χ4v) is 4.04. The summed E-state index contributed by atoms with van der Waals surface area (Å²) in [6, 6.07) is 8.28. The van der Waals surface area contributed by atoms with Crippen molar-refractivity contribution >= 4 is 44.5 Å². The first-order valence-corrected chi connectivity index (χ1v) is 9.98. The van der Waals surface area contributed by atoms with Crippen LogP contribution in [0.1, 0.15) is 21.5 Å². The number of aromatic nitrogens is 2. The van der Waals surface area contributed by atoms with Crippen molar-refractivity contribution in [3.8, 4) is 0 Å². The standard InChI is InChI=1S/C18H19ClN4O3S/c1-10-7-12(8-16(11(10)2)27(25,26)20-3)17(24)22-18-21-14-9-13(19)5-6-15(14)23(18)4/h5-9,20H,1-4H3,(H,21,22,24). The molecule has 2 N–H and O–H groups in total. The van der Waals surface area contributed by atoms with E-state index in [9.17, 15) is 13.2 Å². The molecule has 1 aromatic heterocycles. The van der Waals surface area contributed by atoms with Gasteiger partial charge in [0.1, 0.15) is 0 Å². The van der Waals surface area contributed by atoms with Crippen molar-refractivity contribution in [1.82, 2.24) is 14.3 Å². The molecular formula is C18H19ClN4O3S. The third-order valence-electron chi connectivity index (χ3n) is 4.51. The molecule has 3 aromatic rings. The van der Waals surface area contributed by atoms with Gasteiger partial charge in [0.05, 0.1) is 15.9 Å². The van der Waals surface area contributed by atoms with Gasteiger partial charge in [0, 0.05) is 17.6 Å². The van der Waals surface area contributed by atoms with E-state index in [1.807, 2.05) is 6.07 Å². The van der Waals surface area contributed by atoms with Crippen molar-refractivity contribution in [2.75, 3.05) is 12.4 Å². The Kier molecular flexibility index (Phi) is 4.98. The van der Waals surface area contributed by atoms with Crippen molar-refractivity contribution in [2.45, 2.75) is 18.7 Å². The first-order chi connectivity index (χ1) is 12.6. The Balaban J connectivity index is 2.01. The van der Waals surface area contributed by atoms with Crippen LogP contribution in [-0.2, 0) is 17.1 Å². The summed E-state index contributed by atoms with van der Waals surface area (Å²) in [4.78, 5) is 17.2. The van der Waals surface area contributed by atoms with Gasteiger partial charge >= 0.3 is 0 Å². The summed E-state index contributed by atoms with van der Waals surface area (Å²) in [7, 11) is -0.570. The number of imidazole rings is 1. The number of carbonyl (C=O) groups is 1. The summed E-state index contributed by atoms with van der Waals surface area (Å²) in [6.45, 7) is 3.47. The predicted octanol–water partition coefficient (Wildman–Crippen LogP) is 3.00. The number of sulfonamides is 1. The lowest BCUT2D eigenvalue weighted by atomic mass is 10.1. The Bertz CT molecular complexity index is 1170. The molecule has 0 spiro atoms. The van der Waals surface area contributed by atoms with Crippen molar-refractivity contribution in [3.63, 3.8) is 0 Å². The van der Waals surface area contributed by atoms with Gasteiger partial charge in [0.15, 0.2) is 0 Å². The van der Waals surface area contributed by atoms with E-state index in [2.05, 4.69) is 15.0 Å². The number of amides is 1. The highest BCUT2D eigenvalue weighted by atomic mass is 35.5. The molecule has 27 heavy (non-hydrogen) atoms. The molecule has 0 saturated heterocycles. The summed E-state index contributed by atoms with van der Waals surface area (Å²) >= 11 is 5.99. The van der Waals surface area contributed by atoms with Crippen molar-refractivity contribution in [2.24, 2.45) is 7.05 Å². The summed E-state index contributed by atoms with van der Waals surface area (Å²) < 4.78 is 28.5. The summed E-state index contributed by atoms with van der Waals surface area (Å²) in [5.74, 6) is -0.108. The number of carbonyl (C=O) groups excluding carboxylic acids is 1. The van der Waals surface area contributed by atoms with Crippen LogP contribution in [0.25, 0.3) is 11.0 Å². The third-order valence-corrected chi connectivity index (χ3v) is 6.28. The van der Waals surface area contributed by atoms with E-state index in [0.29, 0.717) is 27.6 Å². The lowest BCUT2D eigenvalue weighted by molar-refractivity contribution is 0.102. The molecule has 3 rings (SSSR count). The van der Waals surface area contributed by atoms with Gasteiger partial charge in [0.2, 0.25) is 16.0 Å². The molecule has 0 atom stereocenters. The molecule has 1 amide bonds. The Morgan fingerprint density at radius 3 is 2.56 bits per heavy atom. The molecule has 0 bridgehead atoms. The second-order valence-corrected chi connectivity index (χ2v) is 8.50. The van der Waals surface area contributed by atoms with E-state index in [4.69, 9.17) is 11.6 Å². The molecule has 2 aromatic carbocycles. The second-order valence-electron chi connectivity index (χ2n) is 6.21. The number of nitrogens with zero attached hydrogens (tertiary/aromatic N) is 2. The van der Waals surface area contributed by atoms with Crippen LogP contribution in [0.4, 0.5) is 5.95 Å². The van der Waals surface area contributed by atoms with Crippen molar-refractivity contribution in [1.29, 1.82) is 0 Å². The number of aryl methyl sites for hydroxylation is 2. The summed E-state index contributed by atoms with van der Waals surface area (Å²) in [6.07, 6.45) is 0. The van der Waals surface area contributed by atoms with Gasteiger partial charge in [-0.05, 0) is 62.4 Å². The maximum absolute atomic E-state index is 12.7. The average molecular weight is 407 g/mol. The zero-order valence-corrected chi connectivity index (χ0v) is 16.9. The third kappa shape index (κ3) is 3.55. The minimum absolute atomic E-state index is 0.0759. The summed E-state index contributed by atoms with van der Waals surface area (Å²) in [5, 5.41) is 3.28. The highest BCUT2D eigenvalue weighted by molar-refractivity contribution is 7.89. The zero-order chi connectivity index (χ0) is 19.9. The number of nitrogens with one attached hydrogen (secondary N) is 2. The number of anilines is 1. The van der Waals surface area contributed by atoms with E-state index in [1.54, 1.807) is 43.7 Å². The highest BCUT2D eigenvalue weighted by Crippen LogP contribution is 2.24. The first kappa shape index (κ1) is 19.3. The molecule has 1 heterocycles. The minimum atomic E-state index is -3.68. The van der Waals surface area contributed by atoms with Crippen LogP contribution < -0.4 is 10.0 Å². The van der Waals surface area contributed by atoms with Crippen LogP contribution in [0, 0.1) is 13.8 Å². The normalized spacial score (nSPS) is 11.7. The smallest absolute Gasteiger partial charge is 0.258 e. The monoisotopic (exact) mass is 406 g/mol. The van der Waals surface area contributed by atoms with Crippen LogP contribution in [0.2, 0.25) is 5.02 Å². The molecule has 9 heteroatoms. The number of hydrogen-bond donors (Lipinski definition) is 2. The number of fused-ring (bicyclic) bond motifs is 1. The average Bonchev–Trinajstić information content (AvgIpc) is 2.91. The number of halogens is 1. The SMILES string of the molecule is CNS(=O)(=O)c1cc(C(=O)Nc2nc3cc(Cl)ccc3n2C)cc(C)c1C. The van der Waals surface area contributed by atoms with Gasteiger partial charge in [-0.25, -0.2) is 18.1 Å². The Morgan fingerprint density at radius 2 is 1.89 bits per heavy atom. The van der Waals surface area contributed by atoms with Crippen LogP contribution in [-0.4, -0.2) is 30.9 Å². The molecule has 0 aliphatic heterocycles. The molecule has 0 saturated carbocycles. The summed E-state index contributed by atoms with van der Waals surface area (Å²) in [5.41, 5.74) is 3.00. The van der Waals surface area contributed by atoms with Crippen molar-refractivity contribution < 1.29 is 13.2 Å². The van der Waals surface area contributed by atoms with Crippen LogP contribution in [0.5, 0.6) is 0 Å². The number of rotatable bonds is 4. The second kappa shape index (κ2) is 6.95. The Hall–Kier alpha value is -2.42. The van der Waals surface area contributed by atoms with Crippen LogP contribution >= 0.6 is 11.6 Å². The fourth-order valence-electron chi connectivity index (χ4n) is 2.81. The molecule has 0 radical (unpaired) electrons. The molecule has 0 aliphatic carbocycles. The molecule has 0 aliphatic rings. The molecular weight excluding hydrogens is 388 g/mol. The molecule has 7 nitrogen and oxygen atoms in total. The maximum atomic E-state index is 12.7. The number of hydrogen-bond acceptors (Lipinski definition) is 4. The van der Waals surface area contributed by atoms with Gasteiger partial charge in [-0.2, -0.15) is 0 Å². The Morgan fingerprint density at radius 1 is 1.19 bits per heavy atom. The largest absolute Gasteiger partial charge is 0.313 e. The van der Waals surface area contributed by atoms with Gasteiger partial charge in [-0.15, -0.1) is 0 Å². The zero-order valence-electron chi connectivity index (χ0n) is 15.3. The van der Waals surface area contributed by atoms with E-state index >= 15 is 0 Å². The predicted molar refractivity (Wildman–Crippen MR) is 106 cm³/mol. The van der Waals surface area contributed by atoms with Gasteiger partial charge in [0.25, 0.3) is 5.91 Å². The molecule has 0 fully saturated rings. The van der Waals surface area contributed by atoms with Crippen molar-refractivity contribution in [3.05, 3.63) is 52.0 Å². The first-order valence-electron chi connectivity index (χ1n) is 8.12. The topological polar surface area (TPSA) is 93.1 Å². The van der Waals surface area contributed by atoms with Crippen LogP contribution in [0.3, 0.4) is 0 Å². The van der Waals surface area contributed by atoms with Crippen LogP contribution in [0.15, 0.2) is 35.2 Å². The quantitative estimate of drug-likeness (QED) is 0.696. The molecule has 142 valence electrons. The highest BCUT2D eigenvalue weighted by Gasteiger charge is 2.20. The van der Waals surface area contributed by atoms with Gasteiger partial charge < -0.3 is 4.57 Å². The Labute approximate surface area is 162 Å². The number of benzene rings is 2. The van der Waals surface area contributed by atoms with Gasteiger partial charge in [-0.1, -0.05) is 11.6 Å². The van der Waals surface area contributed by atoms with E-state index in [0.717, 1.165) is 5.52 Å². The lowest BCUT2D eigenvalue weighted by Crippen LogP contribution is -2.22. The lowest BCUT2D eigenvalue weighted by Gasteiger charge is -2.12. The molecule has 0 unspecified atom stereocenters. The fraction of sp³-hybridized carbons (Fsp3) is 0.222. The van der Waals surface area contributed by atoms with Gasteiger partial charge in [-0.3, -0.25) is 10.1 Å². The van der Waals surface area contributed by atoms with E-state index in [1.165, 1.54) is 13.1 Å².